The zero-order valence-corrected chi connectivity index (χ0v) is 14.7. The van der Waals surface area contributed by atoms with Crippen LogP contribution < -0.4 is 10.5 Å². The van der Waals surface area contributed by atoms with Gasteiger partial charge in [0.1, 0.15) is 17.1 Å². The van der Waals surface area contributed by atoms with Crippen molar-refractivity contribution in [3.05, 3.63) is 47.4 Å². The van der Waals surface area contributed by atoms with Crippen LogP contribution in [0.4, 0.5) is 18.9 Å². The Hall–Kier alpha value is -3.74. The Balaban J connectivity index is 2.06. The van der Waals surface area contributed by atoms with Gasteiger partial charge in [0.25, 0.3) is 0 Å². The lowest BCUT2D eigenvalue weighted by Crippen LogP contribution is -2.16. The first-order valence-electron chi connectivity index (χ1n) is 7.77. The summed E-state index contributed by atoms with van der Waals surface area (Å²) in [6, 6.07) is 5.15. The standard InChI is InChI=1S/C18H13F3N4O3/c1-25-15(6-5-14-16(22)11(7-8-23-14)17(26)27-2)12-9-10(28-18(19,20)21)3-4-13(12)24-25/h3-4,7-9H,22H2,1-2H3. The quantitative estimate of drug-likeness (QED) is 0.534. The van der Waals surface area contributed by atoms with Gasteiger partial charge in [-0.25, -0.2) is 9.78 Å². The van der Waals surface area contributed by atoms with Crippen molar-refractivity contribution in [2.24, 2.45) is 7.05 Å². The van der Waals surface area contributed by atoms with E-state index in [1.807, 2.05) is 0 Å². The number of rotatable bonds is 2. The number of nitrogens with zero attached hydrogens (tertiary/aromatic N) is 3. The van der Waals surface area contributed by atoms with Crippen molar-refractivity contribution in [1.29, 1.82) is 0 Å². The van der Waals surface area contributed by atoms with E-state index < -0.39 is 12.3 Å². The Morgan fingerprint density at radius 2 is 2.00 bits per heavy atom. The minimum atomic E-state index is -4.81. The number of halogens is 3. The number of anilines is 1. The summed E-state index contributed by atoms with van der Waals surface area (Å²) in [6.45, 7) is 0. The van der Waals surface area contributed by atoms with Crippen LogP contribution in [0.1, 0.15) is 21.7 Å². The summed E-state index contributed by atoms with van der Waals surface area (Å²) in [6.07, 6.45) is -3.46. The van der Waals surface area contributed by atoms with E-state index in [9.17, 15) is 18.0 Å². The number of nitrogens with two attached hydrogens (primary N) is 1. The van der Waals surface area contributed by atoms with Crippen LogP contribution in [0, 0.1) is 11.8 Å². The summed E-state index contributed by atoms with van der Waals surface area (Å²) < 4.78 is 47.4. The average molecular weight is 390 g/mol. The molecule has 0 aliphatic heterocycles. The fraction of sp³-hybridized carbons (Fsp3) is 0.167. The number of aromatic nitrogens is 3. The van der Waals surface area contributed by atoms with E-state index in [2.05, 4.69) is 31.4 Å². The van der Waals surface area contributed by atoms with Crippen LogP contribution in [0.25, 0.3) is 10.9 Å². The molecule has 0 saturated heterocycles. The number of aryl methyl sites for hydroxylation is 1. The van der Waals surface area contributed by atoms with E-state index in [0.29, 0.717) is 16.6 Å². The molecule has 2 N–H and O–H groups in total. The largest absolute Gasteiger partial charge is 0.573 e. The number of nitrogen functional groups attached to an aromatic ring is 1. The number of pyridine rings is 1. The maximum atomic E-state index is 12.5. The second-order valence-electron chi connectivity index (χ2n) is 5.56. The van der Waals surface area contributed by atoms with Gasteiger partial charge in [-0.15, -0.1) is 13.2 Å². The Bertz CT molecular complexity index is 1130. The highest BCUT2D eigenvalue weighted by molar-refractivity contribution is 5.96. The molecular formula is C18H13F3N4O3. The molecule has 0 aliphatic rings. The van der Waals surface area contributed by atoms with Crippen LogP contribution in [0.15, 0.2) is 30.5 Å². The van der Waals surface area contributed by atoms with Crippen LogP contribution in [0.5, 0.6) is 5.75 Å². The molecule has 0 radical (unpaired) electrons. The van der Waals surface area contributed by atoms with Gasteiger partial charge in [-0.3, -0.25) is 4.68 Å². The van der Waals surface area contributed by atoms with E-state index in [0.717, 1.165) is 0 Å². The summed E-state index contributed by atoms with van der Waals surface area (Å²) in [5.41, 5.74) is 6.94. The first-order valence-corrected chi connectivity index (χ1v) is 7.77. The maximum Gasteiger partial charge on any atom is 0.573 e. The van der Waals surface area contributed by atoms with Gasteiger partial charge in [0, 0.05) is 18.6 Å². The van der Waals surface area contributed by atoms with Crippen LogP contribution in [0.3, 0.4) is 0 Å². The molecule has 0 bridgehead atoms. The Morgan fingerprint density at radius 3 is 2.68 bits per heavy atom. The number of alkyl halides is 3. The Morgan fingerprint density at radius 1 is 1.25 bits per heavy atom. The van der Waals surface area contributed by atoms with Crippen LogP contribution in [0.2, 0.25) is 0 Å². The van der Waals surface area contributed by atoms with Crippen molar-refractivity contribution < 1.29 is 27.4 Å². The molecule has 0 aliphatic carbocycles. The number of hydrogen-bond acceptors (Lipinski definition) is 6. The van der Waals surface area contributed by atoms with Crippen LogP contribution in [-0.4, -0.2) is 34.2 Å². The maximum absolute atomic E-state index is 12.5. The van der Waals surface area contributed by atoms with Gasteiger partial charge in [0.2, 0.25) is 0 Å². The van der Waals surface area contributed by atoms with Crippen molar-refractivity contribution in [2.75, 3.05) is 12.8 Å². The summed E-state index contributed by atoms with van der Waals surface area (Å²) in [7, 11) is 2.81. The van der Waals surface area contributed by atoms with E-state index >= 15 is 0 Å². The first-order chi connectivity index (χ1) is 13.2. The number of esters is 1. The number of carbonyl (C=O) groups excluding carboxylic acids is 1. The normalized spacial score (nSPS) is 11.0. The molecule has 144 valence electrons. The minimum Gasteiger partial charge on any atom is -0.465 e. The van der Waals surface area contributed by atoms with E-state index in [1.54, 1.807) is 7.05 Å². The molecule has 3 aromatic rings. The third-order valence-corrected chi connectivity index (χ3v) is 3.73. The first kappa shape index (κ1) is 19.0. The second-order valence-corrected chi connectivity index (χ2v) is 5.56. The Kier molecular flexibility index (Phi) is 4.83. The highest BCUT2D eigenvalue weighted by Crippen LogP contribution is 2.27. The average Bonchev–Trinajstić information content (AvgIpc) is 2.93. The second kappa shape index (κ2) is 7.11. The van der Waals surface area contributed by atoms with Crippen molar-refractivity contribution in [3.8, 4) is 17.6 Å². The minimum absolute atomic E-state index is 0.0365. The molecule has 2 heterocycles. The number of fused-ring (bicyclic) bond motifs is 1. The SMILES string of the molecule is COC(=O)c1ccnc(C#Cc2c3cc(OC(F)(F)F)ccc3nn2C)c1N. The molecule has 0 fully saturated rings. The molecule has 0 unspecified atom stereocenters. The molecule has 2 aromatic heterocycles. The molecule has 0 saturated carbocycles. The third kappa shape index (κ3) is 3.83. The van der Waals surface area contributed by atoms with E-state index in [1.165, 1.54) is 42.3 Å². The van der Waals surface area contributed by atoms with Crippen LogP contribution >= 0.6 is 0 Å². The number of benzene rings is 1. The monoisotopic (exact) mass is 390 g/mol. The fourth-order valence-corrected chi connectivity index (χ4v) is 2.50. The van der Waals surface area contributed by atoms with Gasteiger partial charge < -0.3 is 15.2 Å². The number of hydrogen-bond donors (Lipinski definition) is 1. The molecule has 28 heavy (non-hydrogen) atoms. The van der Waals surface area contributed by atoms with Gasteiger partial charge in [0.15, 0.2) is 0 Å². The molecule has 10 heteroatoms. The summed E-state index contributed by atoms with van der Waals surface area (Å²) in [4.78, 5) is 15.7. The Labute approximate surface area is 156 Å². The highest BCUT2D eigenvalue weighted by Gasteiger charge is 2.31. The third-order valence-electron chi connectivity index (χ3n) is 3.73. The predicted molar refractivity (Wildman–Crippen MR) is 93.4 cm³/mol. The van der Waals surface area contributed by atoms with Crippen molar-refractivity contribution in [2.45, 2.75) is 6.36 Å². The lowest BCUT2D eigenvalue weighted by atomic mass is 10.1. The number of ether oxygens (including phenoxy) is 2. The molecule has 0 spiro atoms. The molecular weight excluding hydrogens is 377 g/mol. The lowest BCUT2D eigenvalue weighted by Gasteiger charge is -2.08. The molecule has 3 rings (SSSR count). The summed E-state index contributed by atoms with van der Waals surface area (Å²) >= 11 is 0. The lowest BCUT2D eigenvalue weighted by molar-refractivity contribution is -0.274. The van der Waals surface area contributed by atoms with Gasteiger partial charge in [0.05, 0.1) is 23.9 Å². The molecule has 7 nitrogen and oxygen atoms in total. The van der Waals surface area contributed by atoms with Crippen molar-refractivity contribution in [3.63, 3.8) is 0 Å². The molecule has 1 aromatic carbocycles. The van der Waals surface area contributed by atoms with Gasteiger partial charge in [-0.1, -0.05) is 0 Å². The zero-order valence-electron chi connectivity index (χ0n) is 14.7. The topological polar surface area (TPSA) is 92.3 Å². The highest BCUT2D eigenvalue weighted by atomic mass is 19.4. The van der Waals surface area contributed by atoms with Gasteiger partial charge >= 0.3 is 12.3 Å². The smallest absolute Gasteiger partial charge is 0.465 e. The predicted octanol–water partition coefficient (Wildman–Crippen LogP) is 2.64. The van der Waals surface area contributed by atoms with Crippen LogP contribution in [-0.2, 0) is 11.8 Å². The van der Waals surface area contributed by atoms with E-state index in [4.69, 9.17) is 5.73 Å². The number of methoxy groups -OCH3 is 1. The fourth-order valence-electron chi connectivity index (χ4n) is 2.50. The van der Waals surface area contributed by atoms with Gasteiger partial charge in [-0.05, 0) is 36.1 Å². The zero-order chi connectivity index (χ0) is 20.5. The van der Waals surface area contributed by atoms with E-state index in [-0.39, 0.29) is 22.7 Å². The molecule has 0 amide bonds. The number of carbonyl (C=O) groups is 1. The van der Waals surface area contributed by atoms with Crippen molar-refractivity contribution in [1.82, 2.24) is 14.8 Å². The summed E-state index contributed by atoms with van der Waals surface area (Å²) in [5.74, 6) is 4.48. The molecule has 0 atom stereocenters. The van der Waals surface area contributed by atoms with Crippen molar-refractivity contribution >= 4 is 22.6 Å². The summed E-state index contributed by atoms with van der Waals surface area (Å²) in [5, 5.41) is 4.56. The van der Waals surface area contributed by atoms with Gasteiger partial charge in [-0.2, -0.15) is 5.10 Å².